The molecule has 5 nitrogen and oxygen atoms in total. The second kappa shape index (κ2) is 6.69. The maximum atomic E-state index is 13.5. The predicted octanol–water partition coefficient (Wildman–Crippen LogP) is 5.61. The Kier molecular flexibility index (Phi) is 4.24. The molecule has 0 N–H and O–H groups in total. The number of aryl methyl sites for hydroxylation is 1. The number of carbonyl (C=O) groups is 1. The molecule has 1 aliphatic heterocycles. The van der Waals surface area contributed by atoms with Crippen molar-refractivity contribution in [3.63, 3.8) is 0 Å². The molecule has 0 spiro atoms. The highest BCUT2D eigenvalue weighted by Crippen LogP contribution is 2.42. The van der Waals surface area contributed by atoms with E-state index in [9.17, 15) is 9.59 Å². The maximum absolute atomic E-state index is 13.5. The van der Waals surface area contributed by atoms with Crippen LogP contribution in [0, 0.1) is 6.92 Å². The van der Waals surface area contributed by atoms with Crippen LogP contribution in [0.4, 0.5) is 5.13 Å². The lowest BCUT2D eigenvalue weighted by Crippen LogP contribution is -2.29. The minimum atomic E-state index is -0.709. The maximum Gasteiger partial charge on any atom is 0.297 e. The molecule has 1 atom stereocenters. The molecule has 0 saturated heterocycles. The van der Waals surface area contributed by atoms with Crippen LogP contribution in [-0.2, 0) is 0 Å². The van der Waals surface area contributed by atoms with E-state index in [4.69, 9.17) is 27.6 Å². The second-order valence-corrected chi connectivity index (χ2v) is 8.43. The summed E-state index contributed by atoms with van der Waals surface area (Å²) in [5.74, 6) is -0.386. The van der Waals surface area contributed by atoms with Gasteiger partial charge in [-0.3, -0.25) is 14.5 Å². The lowest BCUT2D eigenvalue weighted by Gasteiger charge is -2.22. The number of benzene rings is 2. The zero-order valence-corrected chi connectivity index (χ0v) is 17.3. The Hall–Kier alpha value is -2.67. The summed E-state index contributed by atoms with van der Waals surface area (Å²) < 4.78 is 5.91. The number of hydrogen-bond acceptors (Lipinski definition) is 5. The predicted molar refractivity (Wildman–Crippen MR) is 114 cm³/mol. The summed E-state index contributed by atoms with van der Waals surface area (Å²) in [6.07, 6.45) is 1.61. The SMILES string of the molecule is Cc1ccc2oc3c(c(=O)c2c1)[C@@H](c1ccc(Cl)c(Cl)c1)N(c1nccs1)C3=O. The van der Waals surface area contributed by atoms with Gasteiger partial charge in [-0.05, 0) is 36.8 Å². The van der Waals surface area contributed by atoms with Gasteiger partial charge in [-0.15, -0.1) is 11.3 Å². The molecular weight excluding hydrogens is 431 g/mol. The smallest absolute Gasteiger partial charge is 0.297 e. The molecule has 3 heterocycles. The van der Waals surface area contributed by atoms with Gasteiger partial charge in [0.1, 0.15) is 5.58 Å². The van der Waals surface area contributed by atoms with E-state index in [0.717, 1.165) is 5.56 Å². The van der Waals surface area contributed by atoms with E-state index in [1.165, 1.54) is 16.2 Å². The summed E-state index contributed by atoms with van der Waals surface area (Å²) >= 11 is 13.6. The molecule has 8 heteroatoms. The minimum Gasteiger partial charge on any atom is -0.450 e. The van der Waals surface area contributed by atoms with Crippen LogP contribution in [0.15, 0.2) is 57.2 Å². The first-order chi connectivity index (χ1) is 14.0. The van der Waals surface area contributed by atoms with E-state index in [1.807, 2.05) is 13.0 Å². The largest absolute Gasteiger partial charge is 0.450 e. The molecule has 144 valence electrons. The number of carbonyl (C=O) groups excluding carboxylic acids is 1. The summed E-state index contributed by atoms with van der Waals surface area (Å²) in [7, 11) is 0. The molecule has 4 aromatic rings. The molecule has 0 aliphatic carbocycles. The molecule has 2 aromatic carbocycles. The zero-order chi connectivity index (χ0) is 20.3. The molecule has 29 heavy (non-hydrogen) atoms. The van der Waals surface area contributed by atoms with E-state index < -0.39 is 11.9 Å². The van der Waals surface area contributed by atoms with Gasteiger partial charge in [0.25, 0.3) is 5.91 Å². The molecule has 5 rings (SSSR count). The van der Waals surface area contributed by atoms with Crippen molar-refractivity contribution in [3.8, 4) is 0 Å². The molecule has 0 bridgehead atoms. The molecular formula is C21H12Cl2N2O3S. The van der Waals surface area contributed by atoms with Gasteiger partial charge in [0.05, 0.1) is 27.0 Å². The summed E-state index contributed by atoms with van der Waals surface area (Å²) in [4.78, 5) is 32.5. The number of fused-ring (bicyclic) bond motifs is 2. The number of thiazole rings is 1. The highest BCUT2D eigenvalue weighted by atomic mass is 35.5. The quantitative estimate of drug-likeness (QED) is 0.404. The van der Waals surface area contributed by atoms with Crippen molar-refractivity contribution in [1.29, 1.82) is 0 Å². The van der Waals surface area contributed by atoms with E-state index in [1.54, 1.807) is 41.9 Å². The van der Waals surface area contributed by atoms with Gasteiger partial charge in [-0.25, -0.2) is 4.98 Å². The fraction of sp³-hybridized carbons (Fsp3) is 0.0952. The Balaban J connectivity index is 1.84. The molecule has 1 aliphatic rings. The van der Waals surface area contributed by atoms with E-state index in [2.05, 4.69) is 4.98 Å². The summed E-state index contributed by atoms with van der Waals surface area (Å²) in [5.41, 5.74) is 2.00. The standard InChI is InChI=1S/C21H12Cl2N2O3S/c1-10-2-5-15-12(8-10)18(26)16-17(11-3-4-13(22)14(23)9-11)25(20(27)19(16)28-15)21-24-6-7-29-21/h2-9,17H,1H3/t17-/m1/s1. The third kappa shape index (κ3) is 2.79. The van der Waals surface area contributed by atoms with Crippen LogP contribution in [-0.4, -0.2) is 10.9 Å². The highest BCUT2D eigenvalue weighted by molar-refractivity contribution is 7.13. The molecule has 2 aromatic heterocycles. The molecule has 0 unspecified atom stereocenters. The number of hydrogen-bond donors (Lipinski definition) is 0. The number of anilines is 1. The zero-order valence-electron chi connectivity index (χ0n) is 15.0. The summed E-state index contributed by atoms with van der Waals surface area (Å²) in [6, 6.07) is 9.67. The fourth-order valence-electron chi connectivity index (χ4n) is 3.62. The number of aromatic nitrogens is 1. The average molecular weight is 443 g/mol. The Labute approximate surface area is 179 Å². The van der Waals surface area contributed by atoms with Gasteiger partial charge in [-0.1, -0.05) is 40.9 Å². The lowest BCUT2D eigenvalue weighted by molar-refractivity contribution is 0.0971. The third-order valence-electron chi connectivity index (χ3n) is 4.91. The highest BCUT2D eigenvalue weighted by Gasteiger charge is 2.44. The van der Waals surface area contributed by atoms with Crippen molar-refractivity contribution in [3.05, 3.63) is 90.7 Å². The van der Waals surface area contributed by atoms with Gasteiger partial charge in [0.2, 0.25) is 5.76 Å². The Morgan fingerprint density at radius 3 is 2.66 bits per heavy atom. The van der Waals surface area contributed by atoms with Gasteiger partial charge < -0.3 is 4.42 Å². The third-order valence-corrected chi connectivity index (χ3v) is 6.42. The fourth-order valence-corrected chi connectivity index (χ4v) is 4.59. The van der Waals surface area contributed by atoms with Crippen LogP contribution in [0.1, 0.15) is 33.3 Å². The first kappa shape index (κ1) is 18.4. The average Bonchev–Trinajstić information content (AvgIpc) is 3.32. The van der Waals surface area contributed by atoms with Crippen LogP contribution in [0.2, 0.25) is 10.0 Å². The number of rotatable bonds is 2. The normalized spacial score (nSPS) is 15.9. The second-order valence-electron chi connectivity index (χ2n) is 6.74. The van der Waals surface area contributed by atoms with Crippen molar-refractivity contribution in [2.45, 2.75) is 13.0 Å². The number of amides is 1. The minimum absolute atomic E-state index is 0.0256. The van der Waals surface area contributed by atoms with Gasteiger partial charge in [-0.2, -0.15) is 0 Å². The molecule has 0 fully saturated rings. The van der Waals surface area contributed by atoms with Crippen molar-refractivity contribution in [2.24, 2.45) is 0 Å². The van der Waals surface area contributed by atoms with Crippen LogP contribution in [0.3, 0.4) is 0 Å². The van der Waals surface area contributed by atoms with Crippen molar-refractivity contribution < 1.29 is 9.21 Å². The van der Waals surface area contributed by atoms with Gasteiger partial charge in [0.15, 0.2) is 10.6 Å². The molecule has 0 radical (unpaired) electrons. The van der Waals surface area contributed by atoms with Crippen LogP contribution in [0.5, 0.6) is 0 Å². The molecule has 0 saturated carbocycles. The Morgan fingerprint density at radius 2 is 1.93 bits per heavy atom. The summed E-state index contributed by atoms with van der Waals surface area (Å²) in [6.45, 7) is 1.90. The van der Waals surface area contributed by atoms with Crippen molar-refractivity contribution in [1.82, 2.24) is 4.98 Å². The molecule has 1 amide bonds. The summed E-state index contributed by atoms with van der Waals surface area (Å²) in [5, 5.41) is 3.40. The van der Waals surface area contributed by atoms with Crippen molar-refractivity contribution in [2.75, 3.05) is 4.90 Å². The number of halogens is 2. The van der Waals surface area contributed by atoms with Crippen LogP contribution < -0.4 is 10.3 Å². The van der Waals surface area contributed by atoms with Crippen LogP contribution in [0.25, 0.3) is 11.0 Å². The lowest BCUT2D eigenvalue weighted by atomic mass is 9.98. The topological polar surface area (TPSA) is 63.4 Å². The Bertz CT molecular complexity index is 1350. The van der Waals surface area contributed by atoms with E-state index in [0.29, 0.717) is 31.7 Å². The van der Waals surface area contributed by atoms with E-state index in [-0.39, 0.29) is 16.8 Å². The van der Waals surface area contributed by atoms with Gasteiger partial charge >= 0.3 is 0 Å². The monoisotopic (exact) mass is 442 g/mol. The van der Waals surface area contributed by atoms with E-state index >= 15 is 0 Å². The van der Waals surface area contributed by atoms with Crippen molar-refractivity contribution >= 4 is 56.5 Å². The first-order valence-corrected chi connectivity index (χ1v) is 10.3. The number of nitrogens with zero attached hydrogens (tertiary/aromatic N) is 2. The Morgan fingerprint density at radius 1 is 1.10 bits per heavy atom. The van der Waals surface area contributed by atoms with Gasteiger partial charge in [0, 0.05) is 11.6 Å². The van der Waals surface area contributed by atoms with Crippen LogP contribution >= 0.6 is 34.5 Å². The first-order valence-electron chi connectivity index (χ1n) is 8.71.